The van der Waals surface area contributed by atoms with Crippen molar-refractivity contribution >= 4 is 57.0 Å². The second-order valence-electron chi connectivity index (χ2n) is 9.32. The number of aromatic nitrogens is 2. The third-order valence-electron chi connectivity index (χ3n) is 6.58. The van der Waals surface area contributed by atoms with Crippen LogP contribution >= 0.6 is 23.2 Å². The van der Waals surface area contributed by atoms with Crippen molar-refractivity contribution in [1.82, 2.24) is 9.66 Å². The molecule has 2 aromatic heterocycles. The summed E-state index contributed by atoms with van der Waals surface area (Å²) in [5.41, 5.74) is 1.10. The topological polar surface area (TPSA) is 122 Å². The highest BCUT2D eigenvalue weighted by Crippen LogP contribution is 2.39. The number of methoxy groups -OCH3 is 1. The smallest absolute Gasteiger partial charge is 0.315 e. The fourth-order valence-corrected chi connectivity index (χ4v) is 4.89. The molecular formula is C31H20Cl2N4O6. The summed E-state index contributed by atoms with van der Waals surface area (Å²) in [4.78, 5) is 29.7. The number of nitro benzene ring substituents is 1. The SMILES string of the molecule is COc1cc(C=Nn2c(-c3cc4cc(Cl)ccc4o3)nc3ccccc3c2=O)cc([N+](=O)[O-])c1OCc1ccccc1Cl. The number of halogens is 2. The normalized spacial score (nSPS) is 11.4. The van der Waals surface area contributed by atoms with Crippen LogP contribution in [0.3, 0.4) is 0 Å². The molecule has 0 aliphatic heterocycles. The molecule has 6 rings (SSSR count). The number of para-hydroxylation sites is 1. The second-order valence-corrected chi connectivity index (χ2v) is 10.2. The Balaban J connectivity index is 1.44. The van der Waals surface area contributed by atoms with E-state index in [2.05, 4.69) is 10.1 Å². The Morgan fingerprint density at radius 1 is 1.05 bits per heavy atom. The fraction of sp³-hybridized carbons (Fsp3) is 0.0645. The van der Waals surface area contributed by atoms with Gasteiger partial charge in [-0.15, -0.1) is 0 Å². The van der Waals surface area contributed by atoms with Crippen LogP contribution in [0.4, 0.5) is 5.69 Å². The number of nitro groups is 1. The van der Waals surface area contributed by atoms with Crippen LogP contribution in [-0.2, 0) is 6.61 Å². The number of hydrogen-bond acceptors (Lipinski definition) is 8. The van der Waals surface area contributed by atoms with E-state index in [1.54, 1.807) is 72.8 Å². The van der Waals surface area contributed by atoms with E-state index >= 15 is 0 Å². The van der Waals surface area contributed by atoms with E-state index in [-0.39, 0.29) is 40.9 Å². The Labute approximate surface area is 253 Å². The molecule has 0 amide bonds. The molecule has 43 heavy (non-hydrogen) atoms. The summed E-state index contributed by atoms with van der Waals surface area (Å²) in [7, 11) is 1.37. The van der Waals surface area contributed by atoms with E-state index in [1.807, 2.05) is 0 Å². The number of furan rings is 1. The van der Waals surface area contributed by atoms with Gasteiger partial charge >= 0.3 is 5.69 Å². The number of ether oxygens (including phenoxy) is 2. The van der Waals surface area contributed by atoms with Crippen LogP contribution in [0.25, 0.3) is 33.5 Å². The molecule has 0 saturated carbocycles. The molecule has 10 nitrogen and oxygen atoms in total. The van der Waals surface area contributed by atoms with Gasteiger partial charge in [0.1, 0.15) is 12.2 Å². The van der Waals surface area contributed by atoms with Gasteiger partial charge in [-0.2, -0.15) is 9.78 Å². The first-order valence-corrected chi connectivity index (χ1v) is 13.6. The zero-order valence-corrected chi connectivity index (χ0v) is 23.9. The highest BCUT2D eigenvalue weighted by Gasteiger charge is 2.23. The maximum absolute atomic E-state index is 13.6. The zero-order valence-electron chi connectivity index (χ0n) is 22.4. The van der Waals surface area contributed by atoms with Crippen molar-refractivity contribution in [3.05, 3.63) is 127 Å². The number of fused-ring (bicyclic) bond motifs is 2. The van der Waals surface area contributed by atoms with Gasteiger partial charge in [0, 0.05) is 32.6 Å². The average molecular weight is 615 g/mol. The molecule has 12 heteroatoms. The molecule has 0 aliphatic rings. The van der Waals surface area contributed by atoms with Crippen LogP contribution in [0.2, 0.25) is 10.0 Å². The summed E-state index contributed by atoms with van der Waals surface area (Å²) < 4.78 is 18.3. The van der Waals surface area contributed by atoms with Crippen molar-refractivity contribution in [2.75, 3.05) is 7.11 Å². The maximum Gasteiger partial charge on any atom is 0.315 e. The van der Waals surface area contributed by atoms with Crippen molar-refractivity contribution in [2.45, 2.75) is 6.61 Å². The van der Waals surface area contributed by atoms with E-state index < -0.39 is 10.5 Å². The third-order valence-corrected chi connectivity index (χ3v) is 7.18. The van der Waals surface area contributed by atoms with Crippen molar-refractivity contribution in [2.24, 2.45) is 5.10 Å². The predicted molar refractivity (Wildman–Crippen MR) is 165 cm³/mol. The molecule has 0 N–H and O–H groups in total. The van der Waals surface area contributed by atoms with Gasteiger partial charge in [-0.1, -0.05) is 53.5 Å². The van der Waals surface area contributed by atoms with Gasteiger partial charge in [0.25, 0.3) is 5.56 Å². The standard InChI is InChI=1S/C31H20Cl2N4O6/c1-41-27-13-18(12-25(37(39)40)29(27)42-17-19-6-2-4-8-23(19)33)16-34-36-30(35-24-9-5-3-7-22(24)31(36)38)28-15-20-14-21(32)10-11-26(20)43-28/h2-16H,17H2,1H3. The third kappa shape index (κ3) is 5.53. The van der Waals surface area contributed by atoms with E-state index in [0.29, 0.717) is 37.5 Å². The van der Waals surface area contributed by atoms with Gasteiger partial charge in [0.2, 0.25) is 11.6 Å². The van der Waals surface area contributed by atoms with Gasteiger partial charge in [0.15, 0.2) is 11.5 Å². The Morgan fingerprint density at radius 3 is 2.63 bits per heavy atom. The van der Waals surface area contributed by atoms with Gasteiger partial charge in [-0.3, -0.25) is 14.9 Å². The van der Waals surface area contributed by atoms with E-state index in [4.69, 9.17) is 37.1 Å². The molecule has 0 aliphatic carbocycles. The second kappa shape index (κ2) is 11.6. The lowest BCUT2D eigenvalue weighted by molar-refractivity contribution is -0.386. The number of benzene rings is 4. The molecule has 0 spiro atoms. The van der Waals surface area contributed by atoms with E-state index in [9.17, 15) is 14.9 Å². The van der Waals surface area contributed by atoms with Crippen molar-refractivity contribution in [3.8, 4) is 23.1 Å². The summed E-state index contributed by atoms with van der Waals surface area (Å²) in [5, 5.41) is 18.5. The Bertz CT molecular complexity index is 2120. The molecule has 2 heterocycles. The minimum Gasteiger partial charge on any atom is -0.493 e. The summed E-state index contributed by atoms with van der Waals surface area (Å²) in [6.07, 6.45) is 1.30. The highest BCUT2D eigenvalue weighted by molar-refractivity contribution is 6.31. The summed E-state index contributed by atoms with van der Waals surface area (Å²) in [6, 6.07) is 23.5. The van der Waals surface area contributed by atoms with Crippen LogP contribution in [0.1, 0.15) is 11.1 Å². The first-order chi connectivity index (χ1) is 20.8. The quantitative estimate of drug-likeness (QED) is 0.0988. The summed E-state index contributed by atoms with van der Waals surface area (Å²) in [6.45, 7) is -0.0193. The first kappa shape index (κ1) is 28.0. The van der Waals surface area contributed by atoms with Gasteiger partial charge in [0.05, 0.1) is 29.2 Å². The monoisotopic (exact) mass is 614 g/mol. The lowest BCUT2D eigenvalue weighted by Gasteiger charge is -2.13. The lowest BCUT2D eigenvalue weighted by atomic mass is 10.1. The number of rotatable bonds is 8. The van der Waals surface area contributed by atoms with Crippen LogP contribution in [0.15, 0.2) is 99.2 Å². The molecule has 4 aromatic carbocycles. The predicted octanol–water partition coefficient (Wildman–Crippen LogP) is 7.49. The first-order valence-electron chi connectivity index (χ1n) is 12.8. The fourth-order valence-electron chi connectivity index (χ4n) is 4.52. The lowest BCUT2D eigenvalue weighted by Crippen LogP contribution is -2.20. The van der Waals surface area contributed by atoms with Crippen LogP contribution < -0.4 is 15.0 Å². The van der Waals surface area contributed by atoms with Gasteiger partial charge in [-0.25, -0.2) is 4.98 Å². The molecule has 214 valence electrons. The van der Waals surface area contributed by atoms with Crippen LogP contribution in [0.5, 0.6) is 11.5 Å². The van der Waals surface area contributed by atoms with Crippen LogP contribution in [-0.4, -0.2) is 27.9 Å². The Kier molecular flexibility index (Phi) is 7.54. The van der Waals surface area contributed by atoms with Gasteiger partial charge in [-0.05, 0) is 48.5 Å². The molecule has 0 fully saturated rings. The summed E-state index contributed by atoms with van der Waals surface area (Å²) >= 11 is 12.4. The van der Waals surface area contributed by atoms with Gasteiger partial charge < -0.3 is 13.9 Å². The zero-order chi connectivity index (χ0) is 30.1. The van der Waals surface area contributed by atoms with E-state index in [0.717, 1.165) is 4.68 Å². The molecule has 0 radical (unpaired) electrons. The molecule has 0 bridgehead atoms. The number of hydrogen-bond donors (Lipinski definition) is 0. The molecule has 0 saturated heterocycles. The minimum absolute atomic E-state index is 0.0193. The van der Waals surface area contributed by atoms with Crippen molar-refractivity contribution < 1.29 is 18.8 Å². The number of nitrogens with zero attached hydrogens (tertiary/aromatic N) is 4. The van der Waals surface area contributed by atoms with Crippen LogP contribution in [0, 0.1) is 10.1 Å². The maximum atomic E-state index is 13.6. The van der Waals surface area contributed by atoms with Crippen molar-refractivity contribution in [3.63, 3.8) is 0 Å². The van der Waals surface area contributed by atoms with Crippen molar-refractivity contribution in [1.29, 1.82) is 0 Å². The Hall–Kier alpha value is -5.19. The molecule has 0 unspecified atom stereocenters. The Morgan fingerprint density at radius 2 is 1.84 bits per heavy atom. The minimum atomic E-state index is -0.587. The largest absolute Gasteiger partial charge is 0.493 e. The molecular weight excluding hydrogens is 595 g/mol. The van der Waals surface area contributed by atoms with E-state index in [1.165, 1.54) is 25.5 Å². The summed E-state index contributed by atoms with van der Waals surface area (Å²) in [5.74, 6) is 0.439. The average Bonchev–Trinajstić information content (AvgIpc) is 3.43. The molecule has 6 aromatic rings. The molecule has 0 atom stereocenters. The highest BCUT2D eigenvalue weighted by atomic mass is 35.5.